The van der Waals surface area contributed by atoms with Gasteiger partial charge in [-0.1, -0.05) is 0 Å². The number of carbonyl (C=O) groups is 1. The summed E-state index contributed by atoms with van der Waals surface area (Å²) in [6.07, 6.45) is 2.41. The molecule has 2 unspecified atom stereocenters. The summed E-state index contributed by atoms with van der Waals surface area (Å²) in [5, 5.41) is 2.83. The zero-order chi connectivity index (χ0) is 15.6. The normalized spacial score (nSPS) is 22.4. The van der Waals surface area contributed by atoms with Gasteiger partial charge >= 0.3 is 0 Å². The Hall–Kier alpha value is -1.05. The lowest BCUT2D eigenvalue weighted by atomic mass is 10.0. The molecule has 1 N–H and O–H groups in total. The molecule has 1 aliphatic rings. The van der Waals surface area contributed by atoms with Crippen molar-refractivity contribution in [2.45, 2.75) is 37.8 Å². The number of amides is 1. The van der Waals surface area contributed by atoms with Crippen LogP contribution < -0.4 is 5.32 Å². The van der Waals surface area contributed by atoms with Crippen LogP contribution in [0, 0.1) is 5.92 Å². The van der Waals surface area contributed by atoms with Crippen molar-refractivity contribution in [2.24, 2.45) is 5.92 Å². The van der Waals surface area contributed by atoms with E-state index in [-0.39, 0.29) is 22.8 Å². The highest BCUT2D eigenvalue weighted by Gasteiger charge is 2.25. The third-order valence-electron chi connectivity index (χ3n) is 3.78. The molecule has 118 valence electrons. The highest BCUT2D eigenvalue weighted by molar-refractivity contribution is 8.13. The van der Waals surface area contributed by atoms with Crippen LogP contribution >= 0.6 is 10.7 Å². The Morgan fingerprint density at radius 3 is 2.81 bits per heavy atom. The minimum Gasteiger partial charge on any atom is -0.378 e. The first-order valence-electron chi connectivity index (χ1n) is 6.87. The lowest BCUT2D eigenvalue weighted by molar-refractivity contribution is 0.0899. The fraction of sp³-hybridized carbons (Fsp3) is 0.615. The minimum absolute atomic E-state index is 0.0614. The molecule has 0 radical (unpaired) electrons. The van der Waals surface area contributed by atoms with Crippen LogP contribution in [-0.4, -0.2) is 38.1 Å². The molecule has 1 aliphatic heterocycles. The predicted octanol–water partition coefficient (Wildman–Crippen LogP) is 1.59. The summed E-state index contributed by atoms with van der Waals surface area (Å²) in [6.45, 7) is 5.52. The predicted molar refractivity (Wildman–Crippen MR) is 79.0 cm³/mol. The highest BCUT2D eigenvalue weighted by Crippen LogP contribution is 2.21. The van der Waals surface area contributed by atoms with Crippen LogP contribution in [0.15, 0.2) is 17.2 Å². The number of hydrogen-bond acceptors (Lipinski definition) is 4. The van der Waals surface area contributed by atoms with E-state index in [4.69, 9.17) is 15.4 Å². The third-order valence-corrected chi connectivity index (χ3v) is 5.11. The summed E-state index contributed by atoms with van der Waals surface area (Å²) in [7, 11) is 1.48. The molecule has 0 bridgehead atoms. The van der Waals surface area contributed by atoms with Crippen molar-refractivity contribution in [3.8, 4) is 0 Å². The molecule has 21 heavy (non-hydrogen) atoms. The number of ether oxygens (including phenoxy) is 1. The Morgan fingerprint density at radius 1 is 1.57 bits per heavy atom. The molecule has 2 heterocycles. The molecular formula is C13H19ClN2O4S. The zero-order valence-corrected chi connectivity index (χ0v) is 13.6. The maximum absolute atomic E-state index is 12.2. The lowest BCUT2D eigenvalue weighted by Gasteiger charge is -2.15. The quantitative estimate of drug-likeness (QED) is 0.829. The second kappa shape index (κ2) is 6.37. The van der Waals surface area contributed by atoms with Gasteiger partial charge in [0.15, 0.2) is 0 Å². The standard InChI is InChI=1S/C13H19ClN2O4S/c1-3-16-8-11(21(14,18)19)6-12(16)13(17)15-7-10-4-5-20-9(10)2/h6,8-10H,3-5,7H2,1-2H3,(H,15,17). The molecule has 8 heteroatoms. The van der Waals surface area contributed by atoms with E-state index in [0.717, 1.165) is 6.42 Å². The smallest absolute Gasteiger partial charge is 0.267 e. The zero-order valence-electron chi connectivity index (χ0n) is 12.0. The van der Waals surface area contributed by atoms with Gasteiger partial charge in [0, 0.05) is 42.5 Å². The number of carbonyl (C=O) groups excluding carboxylic acids is 1. The summed E-state index contributed by atoms with van der Waals surface area (Å²) in [6, 6.07) is 1.30. The first-order chi connectivity index (χ1) is 9.82. The topological polar surface area (TPSA) is 77.4 Å². The fourth-order valence-corrected chi connectivity index (χ4v) is 3.19. The lowest BCUT2D eigenvalue weighted by Crippen LogP contribution is -2.33. The molecule has 0 spiro atoms. The van der Waals surface area contributed by atoms with Crippen molar-refractivity contribution in [3.63, 3.8) is 0 Å². The number of rotatable bonds is 5. The van der Waals surface area contributed by atoms with Crippen LogP contribution in [0.4, 0.5) is 0 Å². The SMILES string of the molecule is CCn1cc(S(=O)(=O)Cl)cc1C(=O)NCC1CCOC1C. The van der Waals surface area contributed by atoms with E-state index in [1.807, 2.05) is 13.8 Å². The third kappa shape index (κ3) is 3.78. The van der Waals surface area contributed by atoms with Gasteiger partial charge < -0.3 is 14.6 Å². The number of nitrogens with zero attached hydrogens (tertiary/aromatic N) is 1. The maximum Gasteiger partial charge on any atom is 0.267 e. The van der Waals surface area contributed by atoms with Gasteiger partial charge in [0.1, 0.15) is 10.6 Å². The molecular weight excluding hydrogens is 316 g/mol. The van der Waals surface area contributed by atoms with Crippen molar-refractivity contribution < 1.29 is 17.9 Å². The maximum atomic E-state index is 12.2. The Labute approximate surface area is 128 Å². The van der Waals surface area contributed by atoms with Gasteiger partial charge in [-0.25, -0.2) is 8.42 Å². The van der Waals surface area contributed by atoms with Crippen molar-refractivity contribution >= 4 is 25.6 Å². The molecule has 1 aromatic rings. The van der Waals surface area contributed by atoms with Gasteiger partial charge in [0.25, 0.3) is 15.0 Å². The summed E-state index contributed by atoms with van der Waals surface area (Å²) < 4.78 is 29.7. The van der Waals surface area contributed by atoms with Crippen LogP contribution in [-0.2, 0) is 20.3 Å². The largest absolute Gasteiger partial charge is 0.378 e. The summed E-state index contributed by atoms with van der Waals surface area (Å²) >= 11 is 0. The number of aromatic nitrogens is 1. The molecule has 1 fully saturated rings. The van der Waals surface area contributed by atoms with E-state index in [0.29, 0.717) is 25.4 Å². The number of halogens is 1. The van der Waals surface area contributed by atoms with Crippen molar-refractivity contribution in [1.29, 1.82) is 0 Å². The van der Waals surface area contributed by atoms with Crippen molar-refractivity contribution in [1.82, 2.24) is 9.88 Å². The van der Waals surface area contributed by atoms with Crippen LogP contribution in [0.1, 0.15) is 30.8 Å². The summed E-state index contributed by atoms with van der Waals surface area (Å²) in [5.74, 6) is -0.0160. The molecule has 0 aromatic carbocycles. The summed E-state index contributed by atoms with van der Waals surface area (Å²) in [4.78, 5) is 12.2. The van der Waals surface area contributed by atoms with Crippen LogP contribution in [0.5, 0.6) is 0 Å². The van der Waals surface area contributed by atoms with Gasteiger partial charge in [-0.3, -0.25) is 4.79 Å². The van der Waals surface area contributed by atoms with Gasteiger partial charge in [-0.15, -0.1) is 0 Å². The van der Waals surface area contributed by atoms with Gasteiger partial charge in [0.05, 0.1) is 6.10 Å². The van der Waals surface area contributed by atoms with E-state index in [1.54, 1.807) is 4.57 Å². The van der Waals surface area contributed by atoms with E-state index in [1.165, 1.54) is 12.3 Å². The number of aryl methyl sites for hydroxylation is 1. The molecule has 0 aliphatic carbocycles. The van der Waals surface area contributed by atoms with E-state index >= 15 is 0 Å². The molecule has 1 aromatic heterocycles. The molecule has 6 nitrogen and oxygen atoms in total. The Bertz CT molecular complexity index is 626. The number of hydrogen-bond donors (Lipinski definition) is 1. The molecule has 1 saturated heterocycles. The van der Waals surface area contributed by atoms with Crippen LogP contribution in [0.25, 0.3) is 0 Å². The first-order valence-corrected chi connectivity index (χ1v) is 9.18. The average molecular weight is 335 g/mol. The van der Waals surface area contributed by atoms with E-state index in [9.17, 15) is 13.2 Å². The molecule has 2 atom stereocenters. The van der Waals surface area contributed by atoms with Gasteiger partial charge in [-0.2, -0.15) is 0 Å². The Kier molecular flexibility index (Phi) is 4.95. The minimum atomic E-state index is -3.84. The first kappa shape index (κ1) is 16.3. The monoisotopic (exact) mass is 334 g/mol. The second-order valence-corrected chi connectivity index (χ2v) is 7.69. The Morgan fingerprint density at radius 2 is 2.29 bits per heavy atom. The molecule has 0 saturated carbocycles. The van der Waals surface area contributed by atoms with Crippen LogP contribution in [0.3, 0.4) is 0 Å². The second-order valence-electron chi connectivity index (χ2n) is 5.12. The highest BCUT2D eigenvalue weighted by atomic mass is 35.7. The molecule has 2 rings (SSSR count). The van der Waals surface area contributed by atoms with Gasteiger partial charge in [-0.05, 0) is 26.3 Å². The summed E-state index contributed by atoms with van der Waals surface area (Å²) in [5.41, 5.74) is 0.295. The van der Waals surface area contributed by atoms with Crippen molar-refractivity contribution in [2.75, 3.05) is 13.2 Å². The van der Waals surface area contributed by atoms with Crippen LogP contribution in [0.2, 0.25) is 0 Å². The molecule has 1 amide bonds. The Balaban J connectivity index is 2.09. The average Bonchev–Trinajstić information content (AvgIpc) is 3.01. The van der Waals surface area contributed by atoms with E-state index in [2.05, 4.69) is 5.32 Å². The van der Waals surface area contributed by atoms with Gasteiger partial charge in [0.2, 0.25) is 0 Å². The number of nitrogens with one attached hydrogen (secondary N) is 1. The van der Waals surface area contributed by atoms with E-state index < -0.39 is 9.05 Å². The van der Waals surface area contributed by atoms with Crippen molar-refractivity contribution in [3.05, 3.63) is 18.0 Å². The fourth-order valence-electron chi connectivity index (χ4n) is 2.43.